The fourth-order valence-electron chi connectivity index (χ4n) is 2.62. The van der Waals surface area contributed by atoms with Crippen LogP contribution >= 0.6 is 0 Å². The van der Waals surface area contributed by atoms with Gasteiger partial charge >= 0.3 is 0 Å². The maximum Gasteiger partial charge on any atom is 0.136 e. The van der Waals surface area contributed by atoms with Crippen molar-refractivity contribution in [3.8, 4) is 0 Å². The third kappa shape index (κ3) is 3.30. The van der Waals surface area contributed by atoms with E-state index in [0.29, 0.717) is 17.6 Å². The van der Waals surface area contributed by atoms with Crippen LogP contribution in [0.5, 0.6) is 0 Å². The van der Waals surface area contributed by atoms with E-state index in [0.717, 1.165) is 18.9 Å². The SMILES string of the molecule is CC(C)CN1CC[C@@H](CC(=O)C2CC2)C1. The predicted molar refractivity (Wildman–Crippen MR) is 61.7 cm³/mol. The van der Waals surface area contributed by atoms with E-state index in [1.165, 1.54) is 32.4 Å². The molecule has 2 heteroatoms. The molecule has 1 saturated heterocycles. The highest BCUT2D eigenvalue weighted by Crippen LogP contribution is 2.33. The van der Waals surface area contributed by atoms with Gasteiger partial charge in [0.15, 0.2) is 0 Å². The third-order valence-electron chi connectivity index (χ3n) is 3.52. The Morgan fingerprint density at radius 3 is 2.67 bits per heavy atom. The standard InChI is InChI=1S/C13H23NO/c1-10(2)8-14-6-5-11(9-14)7-13(15)12-3-4-12/h10-12H,3-9H2,1-2H3/t11-/m0/s1. The molecule has 15 heavy (non-hydrogen) atoms. The van der Waals surface area contributed by atoms with Crippen LogP contribution in [0.25, 0.3) is 0 Å². The number of ketones is 1. The van der Waals surface area contributed by atoms with Gasteiger partial charge in [-0.05, 0) is 37.6 Å². The first kappa shape index (κ1) is 11.1. The second kappa shape index (κ2) is 4.65. The molecule has 0 aromatic rings. The number of nitrogens with zero attached hydrogens (tertiary/aromatic N) is 1. The Bertz CT molecular complexity index is 233. The van der Waals surface area contributed by atoms with Crippen molar-refractivity contribution in [3.63, 3.8) is 0 Å². The molecular weight excluding hydrogens is 186 g/mol. The predicted octanol–water partition coefficient (Wildman–Crippen LogP) is 2.33. The normalized spacial score (nSPS) is 27.5. The summed E-state index contributed by atoms with van der Waals surface area (Å²) in [4.78, 5) is 14.2. The highest BCUT2D eigenvalue weighted by Gasteiger charge is 2.32. The Balaban J connectivity index is 1.70. The first-order valence-corrected chi connectivity index (χ1v) is 6.40. The van der Waals surface area contributed by atoms with E-state index in [1.807, 2.05) is 0 Å². The Kier molecular flexibility index (Phi) is 3.45. The van der Waals surface area contributed by atoms with Gasteiger partial charge in [-0.1, -0.05) is 13.8 Å². The third-order valence-corrected chi connectivity index (χ3v) is 3.52. The van der Waals surface area contributed by atoms with Gasteiger partial charge in [0, 0.05) is 25.4 Å². The summed E-state index contributed by atoms with van der Waals surface area (Å²) in [5.74, 6) is 2.43. The van der Waals surface area contributed by atoms with Gasteiger partial charge in [-0.15, -0.1) is 0 Å². The fraction of sp³-hybridized carbons (Fsp3) is 0.923. The number of carbonyl (C=O) groups is 1. The molecule has 0 aromatic heterocycles. The molecule has 1 saturated carbocycles. The van der Waals surface area contributed by atoms with Crippen LogP contribution in [0.1, 0.15) is 39.5 Å². The highest BCUT2D eigenvalue weighted by atomic mass is 16.1. The summed E-state index contributed by atoms with van der Waals surface area (Å²) in [6, 6.07) is 0. The summed E-state index contributed by atoms with van der Waals surface area (Å²) in [5.41, 5.74) is 0. The van der Waals surface area contributed by atoms with Crippen LogP contribution < -0.4 is 0 Å². The molecule has 2 fully saturated rings. The van der Waals surface area contributed by atoms with E-state index < -0.39 is 0 Å². The van der Waals surface area contributed by atoms with E-state index >= 15 is 0 Å². The van der Waals surface area contributed by atoms with Gasteiger partial charge in [0.2, 0.25) is 0 Å². The van der Waals surface area contributed by atoms with Crippen LogP contribution in [-0.2, 0) is 4.79 Å². The van der Waals surface area contributed by atoms with E-state index in [-0.39, 0.29) is 0 Å². The molecule has 2 nitrogen and oxygen atoms in total. The molecule has 1 aliphatic heterocycles. The Hall–Kier alpha value is -0.370. The Morgan fingerprint density at radius 1 is 1.33 bits per heavy atom. The summed E-state index contributed by atoms with van der Waals surface area (Å²) in [6.45, 7) is 8.11. The monoisotopic (exact) mass is 209 g/mol. The topological polar surface area (TPSA) is 20.3 Å². The number of hydrogen-bond acceptors (Lipinski definition) is 2. The number of Topliss-reactive ketones (excluding diaryl/α,β-unsaturated/α-hetero) is 1. The van der Waals surface area contributed by atoms with Crippen molar-refractivity contribution in [3.05, 3.63) is 0 Å². The zero-order valence-corrected chi connectivity index (χ0v) is 10.0. The van der Waals surface area contributed by atoms with Crippen LogP contribution in [0.2, 0.25) is 0 Å². The minimum absolute atomic E-state index is 0.462. The van der Waals surface area contributed by atoms with Crippen LogP contribution in [-0.4, -0.2) is 30.3 Å². The molecule has 0 amide bonds. The maximum absolute atomic E-state index is 11.7. The van der Waals surface area contributed by atoms with Gasteiger partial charge in [0.05, 0.1) is 0 Å². The molecule has 2 rings (SSSR count). The summed E-state index contributed by atoms with van der Waals surface area (Å²) < 4.78 is 0. The average molecular weight is 209 g/mol. The quantitative estimate of drug-likeness (QED) is 0.692. The number of carbonyl (C=O) groups excluding carboxylic acids is 1. The van der Waals surface area contributed by atoms with Crippen LogP contribution in [0.15, 0.2) is 0 Å². The lowest BCUT2D eigenvalue weighted by Crippen LogP contribution is -2.25. The van der Waals surface area contributed by atoms with E-state index in [4.69, 9.17) is 0 Å². The molecule has 1 atom stereocenters. The van der Waals surface area contributed by atoms with Crippen LogP contribution in [0, 0.1) is 17.8 Å². The van der Waals surface area contributed by atoms with Crippen molar-refractivity contribution in [1.29, 1.82) is 0 Å². The second-order valence-electron chi connectivity index (χ2n) is 5.75. The molecule has 0 bridgehead atoms. The minimum atomic E-state index is 0.462. The van der Waals surface area contributed by atoms with Gasteiger partial charge < -0.3 is 4.90 Å². The fourth-order valence-corrected chi connectivity index (χ4v) is 2.62. The van der Waals surface area contributed by atoms with Crippen molar-refractivity contribution in [2.45, 2.75) is 39.5 Å². The zero-order valence-electron chi connectivity index (χ0n) is 10.0. The van der Waals surface area contributed by atoms with Gasteiger partial charge in [0.25, 0.3) is 0 Å². The first-order valence-electron chi connectivity index (χ1n) is 6.40. The van der Waals surface area contributed by atoms with Crippen LogP contribution in [0.4, 0.5) is 0 Å². The lowest BCUT2D eigenvalue weighted by Gasteiger charge is -2.17. The maximum atomic E-state index is 11.7. The molecule has 0 aromatic carbocycles. The molecule has 1 heterocycles. The smallest absolute Gasteiger partial charge is 0.136 e. The largest absolute Gasteiger partial charge is 0.303 e. The zero-order chi connectivity index (χ0) is 10.8. The van der Waals surface area contributed by atoms with Gasteiger partial charge in [0.1, 0.15) is 5.78 Å². The molecular formula is C13H23NO. The molecule has 0 N–H and O–H groups in total. The Morgan fingerprint density at radius 2 is 2.07 bits per heavy atom. The van der Waals surface area contributed by atoms with Crippen molar-refractivity contribution in [1.82, 2.24) is 4.90 Å². The lowest BCUT2D eigenvalue weighted by atomic mass is 10.00. The second-order valence-corrected chi connectivity index (χ2v) is 5.75. The van der Waals surface area contributed by atoms with E-state index in [1.54, 1.807) is 0 Å². The first-order chi connectivity index (χ1) is 7.15. The highest BCUT2D eigenvalue weighted by molar-refractivity contribution is 5.83. The van der Waals surface area contributed by atoms with Crippen molar-refractivity contribution >= 4 is 5.78 Å². The molecule has 1 aliphatic carbocycles. The van der Waals surface area contributed by atoms with Gasteiger partial charge in [-0.3, -0.25) is 4.79 Å². The van der Waals surface area contributed by atoms with Gasteiger partial charge in [-0.25, -0.2) is 0 Å². The summed E-state index contributed by atoms with van der Waals surface area (Å²) >= 11 is 0. The number of rotatable bonds is 5. The number of likely N-dealkylation sites (tertiary alicyclic amines) is 1. The molecule has 0 radical (unpaired) electrons. The molecule has 86 valence electrons. The molecule has 2 aliphatic rings. The van der Waals surface area contributed by atoms with Crippen molar-refractivity contribution in [2.75, 3.05) is 19.6 Å². The van der Waals surface area contributed by atoms with Crippen molar-refractivity contribution < 1.29 is 4.79 Å². The van der Waals surface area contributed by atoms with E-state index in [9.17, 15) is 4.79 Å². The summed E-state index contributed by atoms with van der Waals surface area (Å²) in [5, 5.41) is 0. The van der Waals surface area contributed by atoms with Gasteiger partial charge in [-0.2, -0.15) is 0 Å². The lowest BCUT2D eigenvalue weighted by molar-refractivity contribution is -0.121. The summed E-state index contributed by atoms with van der Waals surface area (Å²) in [6.07, 6.45) is 4.44. The number of hydrogen-bond donors (Lipinski definition) is 0. The van der Waals surface area contributed by atoms with E-state index in [2.05, 4.69) is 18.7 Å². The Labute approximate surface area is 93.0 Å². The molecule has 0 unspecified atom stereocenters. The van der Waals surface area contributed by atoms with Crippen LogP contribution in [0.3, 0.4) is 0 Å². The van der Waals surface area contributed by atoms with Crippen molar-refractivity contribution in [2.24, 2.45) is 17.8 Å². The molecule has 0 spiro atoms. The minimum Gasteiger partial charge on any atom is -0.303 e. The average Bonchev–Trinajstić information content (AvgIpc) is 2.90. The summed E-state index contributed by atoms with van der Waals surface area (Å²) in [7, 11) is 0.